The maximum Gasteiger partial charge on any atom is 0.226 e. The van der Waals surface area contributed by atoms with Gasteiger partial charge in [0.05, 0.1) is 12.3 Å². The molecule has 7 nitrogen and oxygen atoms in total. The molecule has 0 unspecified atom stereocenters. The lowest BCUT2D eigenvalue weighted by Gasteiger charge is -2.05. The van der Waals surface area contributed by atoms with Crippen molar-refractivity contribution in [2.75, 3.05) is 0 Å². The van der Waals surface area contributed by atoms with Crippen molar-refractivity contribution in [3.63, 3.8) is 0 Å². The Morgan fingerprint density at radius 3 is 2.95 bits per heavy atom. The SMILES string of the molecule is CCn1c(CN)nnc1SCc1cc(=O)c(O)co1. The van der Waals surface area contributed by atoms with E-state index in [1.165, 1.54) is 17.8 Å². The van der Waals surface area contributed by atoms with Crippen LogP contribution in [0.25, 0.3) is 0 Å². The van der Waals surface area contributed by atoms with Crippen molar-refractivity contribution in [3.8, 4) is 5.75 Å². The summed E-state index contributed by atoms with van der Waals surface area (Å²) < 4.78 is 7.02. The summed E-state index contributed by atoms with van der Waals surface area (Å²) in [5.74, 6) is 1.22. The zero-order chi connectivity index (χ0) is 13.8. The van der Waals surface area contributed by atoms with E-state index in [9.17, 15) is 4.79 Å². The quantitative estimate of drug-likeness (QED) is 0.777. The van der Waals surface area contributed by atoms with Crippen LogP contribution in [-0.2, 0) is 18.8 Å². The topological polar surface area (TPSA) is 107 Å². The number of aromatic nitrogens is 3. The minimum atomic E-state index is -0.457. The first-order valence-corrected chi connectivity index (χ1v) is 6.70. The molecule has 0 aromatic carbocycles. The maximum atomic E-state index is 11.3. The number of aromatic hydroxyl groups is 1. The molecule has 0 bridgehead atoms. The molecule has 2 heterocycles. The van der Waals surface area contributed by atoms with E-state index in [1.807, 2.05) is 11.5 Å². The van der Waals surface area contributed by atoms with E-state index in [0.717, 1.165) is 23.8 Å². The minimum Gasteiger partial charge on any atom is -0.502 e. The van der Waals surface area contributed by atoms with Crippen LogP contribution in [0.2, 0.25) is 0 Å². The molecule has 0 aliphatic carbocycles. The Balaban J connectivity index is 2.12. The molecule has 0 aliphatic rings. The van der Waals surface area contributed by atoms with E-state index in [2.05, 4.69) is 10.2 Å². The van der Waals surface area contributed by atoms with Crippen molar-refractivity contribution < 1.29 is 9.52 Å². The van der Waals surface area contributed by atoms with Crippen LogP contribution < -0.4 is 11.2 Å². The van der Waals surface area contributed by atoms with Gasteiger partial charge in [0.25, 0.3) is 0 Å². The van der Waals surface area contributed by atoms with Gasteiger partial charge < -0.3 is 19.8 Å². The molecular weight excluding hydrogens is 268 g/mol. The molecule has 19 heavy (non-hydrogen) atoms. The largest absolute Gasteiger partial charge is 0.502 e. The van der Waals surface area contributed by atoms with Crippen LogP contribution in [0.1, 0.15) is 18.5 Å². The normalized spacial score (nSPS) is 10.8. The van der Waals surface area contributed by atoms with Gasteiger partial charge in [0, 0.05) is 12.6 Å². The summed E-state index contributed by atoms with van der Waals surface area (Å²) in [6, 6.07) is 1.26. The van der Waals surface area contributed by atoms with Crippen LogP contribution in [-0.4, -0.2) is 19.9 Å². The summed E-state index contributed by atoms with van der Waals surface area (Å²) in [7, 11) is 0. The van der Waals surface area contributed by atoms with Crippen molar-refractivity contribution in [2.45, 2.75) is 30.9 Å². The van der Waals surface area contributed by atoms with E-state index < -0.39 is 11.2 Å². The number of nitrogens with zero attached hydrogens (tertiary/aromatic N) is 3. The monoisotopic (exact) mass is 282 g/mol. The van der Waals surface area contributed by atoms with Gasteiger partial charge in [-0.15, -0.1) is 10.2 Å². The van der Waals surface area contributed by atoms with Crippen LogP contribution in [0.15, 0.2) is 26.7 Å². The molecule has 0 saturated carbocycles. The Labute approximate surface area is 113 Å². The van der Waals surface area contributed by atoms with Crippen LogP contribution in [0.4, 0.5) is 0 Å². The van der Waals surface area contributed by atoms with Gasteiger partial charge >= 0.3 is 0 Å². The van der Waals surface area contributed by atoms with E-state index in [0.29, 0.717) is 18.1 Å². The molecule has 0 saturated heterocycles. The lowest BCUT2D eigenvalue weighted by atomic mass is 10.4. The van der Waals surface area contributed by atoms with Gasteiger partial charge in [-0.3, -0.25) is 4.79 Å². The fourth-order valence-corrected chi connectivity index (χ4v) is 2.46. The summed E-state index contributed by atoms with van der Waals surface area (Å²) in [5, 5.41) is 17.8. The average molecular weight is 282 g/mol. The molecular formula is C11H14N4O3S. The molecule has 0 fully saturated rings. The van der Waals surface area contributed by atoms with Gasteiger partial charge in [-0.2, -0.15) is 0 Å². The molecule has 8 heteroatoms. The van der Waals surface area contributed by atoms with E-state index in [4.69, 9.17) is 15.3 Å². The molecule has 2 aromatic heterocycles. The first-order valence-electron chi connectivity index (χ1n) is 5.71. The summed E-state index contributed by atoms with van der Waals surface area (Å²) in [6.07, 6.45) is 1.04. The lowest BCUT2D eigenvalue weighted by molar-refractivity contribution is 0.419. The fraction of sp³-hybridized carbons (Fsp3) is 0.364. The van der Waals surface area contributed by atoms with Crippen molar-refractivity contribution >= 4 is 11.8 Å². The molecule has 3 N–H and O–H groups in total. The fourth-order valence-electron chi connectivity index (χ4n) is 1.55. The average Bonchev–Trinajstić information content (AvgIpc) is 2.82. The Morgan fingerprint density at radius 2 is 2.32 bits per heavy atom. The van der Waals surface area contributed by atoms with Crippen LogP contribution in [0.3, 0.4) is 0 Å². The molecule has 2 rings (SSSR count). The lowest BCUT2D eigenvalue weighted by Crippen LogP contribution is -2.08. The Hall–Kier alpha value is -1.80. The summed E-state index contributed by atoms with van der Waals surface area (Å²) >= 11 is 1.40. The Kier molecular flexibility index (Phi) is 4.23. The van der Waals surface area contributed by atoms with E-state index in [1.54, 1.807) is 0 Å². The number of hydrogen-bond donors (Lipinski definition) is 2. The van der Waals surface area contributed by atoms with Gasteiger partial charge in [0.15, 0.2) is 10.9 Å². The number of nitrogens with two attached hydrogens (primary N) is 1. The predicted octanol–water partition coefficient (Wildman–Crippen LogP) is 0.708. The van der Waals surface area contributed by atoms with Crippen molar-refractivity contribution in [3.05, 3.63) is 34.1 Å². The van der Waals surface area contributed by atoms with Crippen LogP contribution >= 0.6 is 11.8 Å². The smallest absolute Gasteiger partial charge is 0.226 e. The van der Waals surface area contributed by atoms with Crippen LogP contribution in [0.5, 0.6) is 5.75 Å². The summed E-state index contributed by atoms with van der Waals surface area (Å²) in [4.78, 5) is 11.3. The van der Waals surface area contributed by atoms with Gasteiger partial charge in [0.1, 0.15) is 17.8 Å². The number of hydrogen-bond acceptors (Lipinski definition) is 7. The van der Waals surface area contributed by atoms with Crippen molar-refractivity contribution in [1.82, 2.24) is 14.8 Å². The molecule has 0 aliphatic heterocycles. The van der Waals surface area contributed by atoms with E-state index in [-0.39, 0.29) is 0 Å². The maximum absolute atomic E-state index is 11.3. The first-order chi connectivity index (χ1) is 9.15. The van der Waals surface area contributed by atoms with Gasteiger partial charge in [-0.05, 0) is 6.92 Å². The summed E-state index contributed by atoms with van der Waals surface area (Å²) in [6.45, 7) is 3.03. The number of thioether (sulfide) groups is 1. The molecule has 0 amide bonds. The zero-order valence-corrected chi connectivity index (χ0v) is 11.2. The van der Waals surface area contributed by atoms with Crippen molar-refractivity contribution in [1.29, 1.82) is 0 Å². The Morgan fingerprint density at radius 1 is 1.53 bits per heavy atom. The van der Waals surface area contributed by atoms with Crippen molar-refractivity contribution in [2.24, 2.45) is 5.73 Å². The van der Waals surface area contributed by atoms with Crippen LogP contribution in [0, 0.1) is 0 Å². The number of rotatable bonds is 5. The van der Waals surface area contributed by atoms with Gasteiger partial charge in [-0.1, -0.05) is 11.8 Å². The van der Waals surface area contributed by atoms with Gasteiger partial charge in [-0.25, -0.2) is 0 Å². The molecule has 0 spiro atoms. The predicted molar refractivity (Wildman–Crippen MR) is 69.8 cm³/mol. The third kappa shape index (κ3) is 2.96. The third-order valence-corrected chi connectivity index (χ3v) is 3.49. The van der Waals surface area contributed by atoms with E-state index >= 15 is 0 Å². The highest BCUT2D eigenvalue weighted by Crippen LogP contribution is 2.21. The second-order valence-corrected chi connectivity index (χ2v) is 4.67. The highest BCUT2D eigenvalue weighted by atomic mass is 32.2. The standard InChI is InChI=1S/C11H14N4O3S/c1-2-15-10(4-12)13-14-11(15)19-6-7-3-8(16)9(17)5-18-7/h3,5,17H,2,4,6,12H2,1H3. The highest BCUT2D eigenvalue weighted by molar-refractivity contribution is 7.98. The second kappa shape index (κ2) is 5.89. The second-order valence-electron chi connectivity index (χ2n) is 3.73. The summed E-state index contributed by atoms with van der Waals surface area (Å²) in [5.41, 5.74) is 5.11. The zero-order valence-electron chi connectivity index (χ0n) is 10.4. The molecule has 0 radical (unpaired) electrons. The third-order valence-electron chi connectivity index (χ3n) is 2.50. The minimum absolute atomic E-state index is 0.329. The first kappa shape index (κ1) is 13.6. The molecule has 0 atom stereocenters. The highest BCUT2D eigenvalue weighted by Gasteiger charge is 2.11. The molecule has 102 valence electrons. The van der Waals surface area contributed by atoms with Gasteiger partial charge in [0.2, 0.25) is 5.43 Å². The Bertz CT molecular complexity index is 623. The molecule has 2 aromatic rings.